The van der Waals surface area contributed by atoms with Gasteiger partial charge in [0.25, 0.3) is 5.91 Å². The number of benzene rings is 3. The number of carbonyl (C=O) groups is 1. The lowest BCUT2D eigenvalue weighted by Gasteiger charge is -2.10. The van der Waals surface area contributed by atoms with E-state index in [1.807, 2.05) is 66.7 Å². The highest BCUT2D eigenvalue weighted by Gasteiger charge is 2.19. The Kier molecular flexibility index (Phi) is 4.68. The first kappa shape index (κ1) is 16.4. The minimum Gasteiger partial charge on any atom is -0.322 e. The first-order valence-electron chi connectivity index (χ1n) is 8.51. The van der Waals surface area contributed by atoms with E-state index in [0.29, 0.717) is 8.19 Å². The van der Waals surface area contributed by atoms with Crippen LogP contribution in [0.3, 0.4) is 0 Å². The smallest absolute Gasteiger partial charge is 0.260 e. The molecule has 1 heterocycles. The molecule has 0 spiro atoms. The number of carbonyl (C=O) groups excluding carboxylic acids is 1. The maximum absolute atomic E-state index is 13.0. The zero-order valence-corrected chi connectivity index (χ0v) is 15.1. The molecule has 0 aliphatic rings. The van der Waals surface area contributed by atoms with Crippen LogP contribution in [0, 0.1) is 0 Å². The van der Waals surface area contributed by atoms with Crippen LogP contribution in [0.15, 0.2) is 96.8 Å². The highest BCUT2D eigenvalue weighted by molar-refractivity contribution is 7.32. The Morgan fingerprint density at radius 1 is 0.692 bits per heavy atom. The van der Waals surface area contributed by atoms with Crippen LogP contribution in [-0.2, 0) is 0 Å². The Labute approximate surface area is 154 Å². The molecule has 126 valence electrons. The van der Waals surface area contributed by atoms with Gasteiger partial charge in [-0.3, -0.25) is 4.79 Å². The first-order chi connectivity index (χ1) is 12.8. The summed E-state index contributed by atoms with van der Waals surface area (Å²) in [7, 11) is 0.349. The molecule has 0 aliphatic carbocycles. The van der Waals surface area contributed by atoms with Gasteiger partial charge in [-0.1, -0.05) is 78.9 Å². The van der Waals surface area contributed by atoms with Crippen molar-refractivity contribution < 1.29 is 4.79 Å². The van der Waals surface area contributed by atoms with E-state index in [-0.39, 0.29) is 5.91 Å². The van der Waals surface area contributed by atoms with Crippen molar-refractivity contribution in [1.29, 1.82) is 0 Å². The average molecular weight is 355 g/mol. The number of rotatable bonds is 4. The van der Waals surface area contributed by atoms with Crippen molar-refractivity contribution >= 4 is 19.8 Å². The van der Waals surface area contributed by atoms with Crippen molar-refractivity contribution in [2.75, 3.05) is 5.32 Å². The maximum Gasteiger partial charge on any atom is 0.260 e. The first-order valence-corrected chi connectivity index (χ1v) is 9.59. The molecule has 0 bridgehead atoms. The summed E-state index contributed by atoms with van der Waals surface area (Å²) in [5, 5.41) is 3.86. The second kappa shape index (κ2) is 7.43. The number of nitrogens with one attached hydrogen (secondary N) is 1. The van der Waals surface area contributed by atoms with Gasteiger partial charge in [0.1, 0.15) is 0 Å². The number of amides is 1. The molecule has 3 heteroatoms. The maximum atomic E-state index is 13.0. The Bertz CT molecular complexity index is 1010. The van der Waals surface area contributed by atoms with Crippen LogP contribution in [0.2, 0.25) is 0 Å². The minimum absolute atomic E-state index is 0.0319. The molecule has 3 aromatic carbocycles. The predicted molar refractivity (Wildman–Crippen MR) is 111 cm³/mol. The standard InChI is InChI=1S/C23H18NOP/c25-23(24-19-14-8-3-9-15-19)22-21(18-12-6-2-7-13-18)20(16-26-22)17-10-4-1-5-11-17/h1-16,26H,(H,24,25). The van der Waals surface area contributed by atoms with Crippen LogP contribution >= 0.6 is 8.19 Å². The van der Waals surface area contributed by atoms with E-state index in [2.05, 4.69) is 35.4 Å². The molecule has 2 nitrogen and oxygen atoms in total. The molecule has 1 atom stereocenters. The van der Waals surface area contributed by atoms with E-state index in [9.17, 15) is 4.79 Å². The molecule has 1 unspecified atom stereocenters. The lowest BCUT2D eigenvalue weighted by atomic mass is 9.96. The normalized spacial score (nSPS) is 10.8. The van der Waals surface area contributed by atoms with E-state index < -0.39 is 0 Å². The van der Waals surface area contributed by atoms with Crippen LogP contribution < -0.4 is 5.32 Å². The summed E-state index contributed by atoms with van der Waals surface area (Å²) in [5.41, 5.74) is 5.19. The largest absolute Gasteiger partial charge is 0.322 e. The van der Waals surface area contributed by atoms with Gasteiger partial charge in [-0.25, -0.2) is 0 Å². The summed E-state index contributed by atoms with van der Waals surface area (Å²) in [6.07, 6.45) is 0. The van der Waals surface area contributed by atoms with Gasteiger partial charge in [-0.05, 0) is 34.6 Å². The molecule has 1 N–H and O–H groups in total. The minimum atomic E-state index is -0.0319. The zero-order chi connectivity index (χ0) is 17.8. The Morgan fingerprint density at radius 2 is 1.23 bits per heavy atom. The van der Waals surface area contributed by atoms with E-state index in [4.69, 9.17) is 0 Å². The Balaban J connectivity index is 1.80. The molecule has 1 aromatic heterocycles. The van der Waals surface area contributed by atoms with Gasteiger partial charge in [0.05, 0.1) is 5.30 Å². The molecule has 0 saturated heterocycles. The molecule has 0 fully saturated rings. The van der Waals surface area contributed by atoms with E-state index in [1.54, 1.807) is 0 Å². The van der Waals surface area contributed by atoms with Crippen molar-refractivity contribution in [2.24, 2.45) is 0 Å². The summed E-state index contributed by atoms with van der Waals surface area (Å²) < 4.78 is 0. The SMILES string of the molecule is O=C(Nc1ccccc1)c1[pH]cc(-c2ccccc2)c1-c1ccccc1. The van der Waals surface area contributed by atoms with Gasteiger partial charge >= 0.3 is 0 Å². The van der Waals surface area contributed by atoms with E-state index in [1.165, 1.54) is 0 Å². The summed E-state index contributed by atoms with van der Waals surface area (Å²) in [6, 6.07) is 30.0. The lowest BCUT2D eigenvalue weighted by Crippen LogP contribution is -2.11. The number of anilines is 1. The second-order valence-electron chi connectivity index (χ2n) is 6.00. The zero-order valence-electron chi connectivity index (χ0n) is 14.1. The molecule has 4 aromatic rings. The van der Waals surface area contributed by atoms with Gasteiger partial charge in [0.15, 0.2) is 0 Å². The third-order valence-corrected chi connectivity index (χ3v) is 5.48. The van der Waals surface area contributed by atoms with Crippen LogP contribution in [0.1, 0.15) is 10.1 Å². The number of hydrogen-bond donors (Lipinski definition) is 1. The Morgan fingerprint density at radius 3 is 1.85 bits per heavy atom. The summed E-state index contributed by atoms with van der Waals surface area (Å²) in [6.45, 7) is 0. The predicted octanol–water partition coefficient (Wildman–Crippen LogP) is 6.30. The van der Waals surface area contributed by atoms with Crippen molar-refractivity contribution in [3.63, 3.8) is 0 Å². The van der Waals surface area contributed by atoms with Crippen LogP contribution in [0.4, 0.5) is 5.69 Å². The number of para-hydroxylation sites is 1. The molecule has 0 radical (unpaired) electrons. The second-order valence-corrected chi connectivity index (χ2v) is 7.08. The molecule has 0 saturated carbocycles. The average Bonchev–Trinajstić information content (AvgIpc) is 3.15. The Hall–Kier alpha value is -3.09. The molecule has 4 rings (SSSR count). The highest BCUT2D eigenvalue weighted by atomic mass is 31.0. The number of hydrogen-bond acceptors (Lipinski definition) is 1. The fraction of sp³-hybridized carbons (Fsp3) is 0. The van der Waals surface area contributed by atoms with Crippen LogP contribution in [-0.4, -0.2) is 5.91 Å². The monoisotopic (exact) mass is 355 g/mol. The molecule has 26 heavy (non-hydrogen) atoms. The topological polar surface area (TPSA) is 29.1 Å². The molecular weight excluding hydrogens is 337 g/mol. The van der Waals surface area contributed by atoms with E-state index in [0.717, 1.165) is 33.2 Å². The van der Waals surface area contributed by atoms with Gasteiger partial charge in [-0.2, -0.15) is 0 Å². The van der Waals surface area contributed by atoms with Gasteiger partial charge in [0.2, 0.25) is 0 Å². The van der Waals surface area contributed by atoms with Crippen molar-refractivity contribution in [3.8, 4) is 22.3 Å². The van der Waals surface area contributed by atoms with Gasteiger partial charge < -0.3 is 5.32 Å². The van der Waals surface area contributed by atoms with Crippen LogP contribution in [0.5, 0.6) is 0 Å². The summed E-state index contributed by atoms with van der Waals surface area (Å²) >= 11 is 0. The molecule has 0 aliphatic heterocycles. The highest BCUT2D eigenvalue weighted by Crippen LogP contribution is 2.41. The third-order valence-electron chi connectivity index (χ3n) is 4.29. The van der Waals surface area contributed by atoms with Crippen molar-refractivity contribution in [1.82, 2.24) is 0 Å². The molecule has 1 amide bonds. The fourth-order valence-electron chi connectivity index (χ4n) is 3.07. The van der Waals surface area contributed by atoms with Crippen molar-refractivity contribution in [3.05, 3.63) is 102 Å². The van der Waals surface area contributed by atoms with Gasteiger partial charge in [-0.15, -0.1) is 8.19 Å². The quantitative estimate of drug-likeness (QED) is 0.457. The summed E-state index contributed by atoms with van der Waals surface area (Å²) in [4.78, 5) is 13.0. The lowest BCUT2D eigenvalue weighted by molar-refractivity contribution is 0.103. The third kappa shape index (κ3) is 3.33. The molecular formula is C23H18NOP. The van der Waals surface area contributed by atoms with Gasteiger partial charge in [0, 0.05) is 11.3 Å². The summed E-state index contributed by atoms with van der Waals surface area (Å²) in [5.74, 6) is 2.15. The van der Waals surface area contributed by atoms with E-state index >= 15 is 0 Å². The fourth-order valence-corrected chi connectivity index (χ4v) is 4.28. The van der Waals surface area contributed by atoms with Crippen LogP contribution in [0.25, 0.3) is 22.3 Å². The van der Waals surface area contributed by atoms with Crippen molar-refractivity contribution in [2.45, 2.75) is 0 Å².